The number of hydrogen-bond donors (Lipinski definition) is 3. The van der Waals surface area contributed by atoms with Crippen molar-refractivity contribution < 1.29 is 9.59 Å². The van der Waals surface area contributed by atoms with E-state index in [0.29, 0.717) is 22.0 Å². The van der Waals surface area contributed by atoms with Crippen LogP contribution >= 0.6 is 23.2 Å². The third-order valence-electron chi connectivity index (χ3n) is 3.86. The highest BCUT2D eigenvalue weighted by Crippen LogP contribution is 2.23. The monoisotopic (exact) mass is 415 g/mol. The first-order valence-corrected chi connectivity index (χ1v) is 8.85. The Morgan fingerprint density at radius 1 is 1.00 bits per heavy atom. The third-order valence-corrected chi connectivity index (χ3v) is 4.47. The second kappa shape index (κ2) is 8.24. The summed E-state index contributed by atoms with van der Waals surface area (Å²) in [5, 5.41) is 5.92. The summed E-state index contributed by atoms with van der Waals surface area (Å²) < 4.78 is 0. The molecule has 0 radical (unpaired) electrons. The van der Waals surface area contributed by atoms with Crippen LogP contribution in [0.25, 0.3) is 0 Å². The van der Waals surface area contributed by atoms with Crippen molar-refractivity contribution in [1.82, 2.24) is 9.97 Å². The molecule has 142 valence electrons. The highest BCUT2D eigenvalue weighted by Gasteiger charge is 2.17. The smallest absolute Gasteiger partial charge is 0.276 e. The molecule has 2 amide bonds. The molecule has 0 aliphatic carbocycles. The highest BCUT2D eigenvalue weighted by molar-refractivity contribution is 6.36. The number of anilines is 3. The number of halogens is 2. The molecule has 1 heterocycles. The maximum atomic E-state index is 12.5. The lowest BCUT2D eigenvalue weighted by Gasteiger charge is -2.12. The van der Waals surface area contributed by atoms with Crippen LogP contribution in [0.15, 0.2) is 48.8 Å². The summed E-state index contributed by atoms with van der Waals surface area (Å²) in [6.07, 6.45) is 1.15. The standard InChI is InChI=1S/C19H15Cl2N5O2/c1-10-5-6-11(18(27)25-13-4-2-3-12(20)8-13)7-14(10)26-19(28)16-15(21)17(22)24-9-23-16/h2-9H,1H3,(H,25,27)(H,26,28)(H2,22,23,24). The van der Waals surface area contributed by atoms with Crippen LogP contribution in [0, 0.1) is 6.92 Å². The van der Waals surface area contributed by atoms with Crippen LogP contribution in [0.3, 0.4) is 0 Å². The largest absolute Gasteiger partial charge is 0.382 e. The topological polar surface area (TPSA) is 110 Å². The van der Waals surface area contributed by atoms with E-state index >= 15 is 0 Å². The molecule has 0 aliphatic heterocycles. The summed E-state index contributed by atoms with van der Waals surface area (Å²) in [6.45, 7) is 1.80. The maximum absolute atomic E-state index is 12.5. The second-order valence-electron chi connectivity index (χ2n) is 5.87. The minimum Gasteiger partial charge on any atom is -0.382 e. The molecular formula is C19H15Cl2N5O2. The van der Waals surface area contributed by atoms with E-state index in [1.54, 1.807) is 49.4 Å². The van der Waals surface area contributed by atoms with Crippen LogP contribution in [0.5, 0.6) is 0 Å². The lowest BCUT2D eigenvalue weighted by molar-refractivity contribution is 0.101. The SMILES string of the molecule is Cc1ccc(C(=O)Nc2cccc(Cl)c2)cc1NC(=O)c1ncnc(N)c1Cl. The fourth-order valence-electron chi connectivity index (χ4n) is 2.39. The molecule has 0 spiro atoms. The fraction of sp³-hybridized carbons (Fsp3) is 0.0526. The lowest BCUT2D eigenvalue weighted by Crippen LogP contribution is -2.17. The molecule has 7 nitrogen and oxygen atoms in total. The van der Waals surface area contributed by atoms with Gasteiger partial charge < -0.3 is 16.4 Å². The highest BCUT2D eigenvalue weighted by atomic mass is 35.5. The summed E-state index contributed by atoms with van der Waals surface area (Å²) in [6, 6.07) is 11.7. The molecule has 0 bridgehead atoms. The number of nitrogens with two attached hydrogens (primary N) is 1. The minimum absolute atomic E-state index is 0.00758. The van der Waals surface area contributed by atoms with Gasteiger partial charge in [0.05, 0.1) is 0 Å². The summed E-state index contributed by atoms with van der Waals surface area (Å²) in [4.78, 5) is 32.6. The van der Waals surface area contributed by atoms with Crippen molar-refractivity contribution in [1.29, 1.82) is 0 Å². The average molecular weight is 416 g/mol. The Morgan fingerprint density at radius 2 is 1.79 bits per heavy atom. The van der Waals surface area contributed by atoms with Crippen LogP contribution in [-0.4, -0.2) is 21.8 Å². The molecule has 3 aromatic rings. The number of nitrogens with zero attached hydrogens (tertiary/aromatic N) is 2. The zero-order valence-corrected chi connectivity index (χ0v) is 16.2. The number of benzene rings is 2. The van der Waals surface area contributed by atoms with Crippen molar-refractivity contribution in [3.8, 4) is 0 Å². The number of aryl methyl sites for hydroxylation is 1. The van der Waals surface area contributed by atoms with Gasteiger partial charge in [-0.1, -0.05) is 35.3 Å². The van der Waals surface area contributed by atoms with Gasteiger partial charge in [-0.3, -0.25) is 9.59 Å². The van der Waals surface area contributed by atoms with Gasteiger partial charge in [-0.25, -0.2) is 9.97 Å². The molecule has 0 fully saturated rings. The number of hydrogen-bond acceptors (Lipinski definition) is 5. The van der Waals surface area contributed by atoms with Crippen LogP contribution in [0.1, 0.15) is 26.4 Å². The fourth-order valence-corrected chi connectivity index (χ4v) is 2.76. The molecule has 0 atom stereocenters. The lowest BCUT2D eigenvalue weighted by atomic mass is 10.1. The van der Waals surface area contributed by atoms with Crippen molar-refractivity contribution in [2.75, 3.05) is 16.4 Å². The summed E-state index contributed by atoms with van der Waals surface area (Å²) in [5.41, 5.74) is 7.67. The number of nitrogen functional groups attached to an aromatic ring is 1. The van der Waals surface area contributed by atoms with Gasteiger partial charge in [0.1, 0.15) is 17.2 Å². The molecule has 2 aromatic carbocycles. The van der Waals surface area contributed by atoms with Gasteiger partial charge in [-0.2, -0.15) is 0 Å². The second-order valence-corrected chi connectivity index (χ2v) is 6.68. The van der Waals surface area contributed by atoms with E-state index in [-0.39, 0.29) is 22.4 Å². The number of amides is 2. The summed E-state index contributed by atoms with van der Waals surface area (Å²) in [7, 11) is 0. The normalized spacial score (nSPS) is 10.4. The molecule has 3 rings (SSSR count). The Balaban J connectivity index is 1.82. The van der Waals surface area contributed by atoms with Gasteiger partial charge in [-0.05, 0) is 42.8 Å². The van der Waals surface area contributed by atoms with E-state index in [1.165, 1.54) is 0 Å². The molecule has 0 unspecified atom stereocenters. The molecular weight excluding hydrogens is 401 g/mol. The van der Waals surface area contributed by atoms with E-state index < -0.39 is 5.91 Å². The van der Waals surface area contributed by atoms with E-state index in [4.69, 9.17) is 28.9 Å². The van der Waals surface area contributed by atoms with E-state index in [2.05, 4.69) is 20.6 Å². The van der Waals surface area contributed by atoms with Crippen LogP contribution in [0.4, 0.5) is 17.2 Å². The number of nitrogens with one attached hydrogen (secondary N) is 2. The van der Waals surface area contributed by atoms with Gasteiger partial charge in [0.2, 0.25) is 0 Å². The third kappa shape index (κ3) is 4.39. The zero-order valence-electron chi connectivity index (χ0n) is 14.7. The first kappa shape index (κ1) is 19.6. The van der Waals surface area contributed by atoms with Gasteiger partial charge in [0.25, 0.3) is 11.8 Å². The van der Waals surface area contributed by atoms with Crippen molar-refractivity contribution in [2.45, 2.75) is 6.92 Å². The number of rotatable bonds is 4. The van der Waals surface area contributed by atoms with Crippen molar-refractivity contribution in [2.24, 2.45) is 0 Å². The molecule has 28 heavy (non-hydrogen) atoms. The number of carbonyl (C=O) groups is 2. The molecule has 0 aliphatic rings. The molecule has 1 aromatic heterocycles. The zero-order chi connectivity index (χ0) is 20.3. The van der Waals surface area contributed by atoms with Gasteiger partial charge in [0, 0.05) is 22.0 Å². The van der Waals surface area contributed by atoms with E-state index in [9.17, 15) is 9.59 Å². The van der Waals surface area contributed by atoms with Crippen molar-refractivity contribution in [3.05, 3.63) is 75.7 Å². The van der Waals surface area contributed by atoms with Gasteiger partial charge in [0.15, 0.2) is 5.69 Å². The molecule has 0 saturated carbocycles. The Labute approximate surface area is 170 Å². The van der Waals surface area contributed by atoms with Crippen LogP contribution in [0.2, 0.25) is 10.0 Å². The van der Waals surface area contributed by atoms with E-state index in [0.717, 1.165) is 11.9 Å². The van der Waals surface area contributed by atoms with Crippen LogP contribution < -0.4 is 16.4 Å². The Hall–Kier alpha value is -3.16. The Morgan fingerprint density at radius 3 is 2.54 bits per heavy atom. The maximum Gasteiger partial charge on any atom is 0.276 e. The minimum atomic E-state index is -0.561. The number of carbonyl (C=O) groups excluding carboxylic acids is 2. The first-order valence-electron chi connectivity index (χ1n) is 8.10. The molecule has 0 saturated heterocycles. The first-order chi connectivity index (χ1) is 13.3. The van der Waals surface area contributed by atoms with Crippen LogP contribution in [-0.2, 0) is 0 Å². The van der Waals surface area contributed by atoms with Crippen molar-refractivity contribution in [3.63, 3.8) is 0 Å². The number of aromatic nitrogens is 2. The van der Waals surface area contributed by atoms with Gasteiger partial charge in [-0.15, -0.1) is 0 Å². The van der Waals surface area contributed by atoms with E-state index in [1.807, 2.05) is 0 Å². The predicted molar refractivity (Wildman–Crippen MR) is 110 cm³/mol. The quantitative estimate of drug-likeness (QED) is 0.591. The summed E-state index contributed by atoms with van der Waals surface area (Å²) in [5.74, 6) is -0.898. The molecule has 9 heteroatoms. The molecule has 4 N–H and O–H groups in total. The average Bonchev–Trinajstić information content (AvgIpc) is 2.65. The van der Waals surface area contributed by atoms with Gasteiger partial charge >= 0.3 is 0 Å². The predicted octanol–water partition coefficient (Wildman–Crippen LogP) is 4.18. The Kier molecular flexibility index (Phi) is 5.77. The summed E-state index contributed by atoms with van der Waals surface area (Å²) >= 11 is 11.9. The Bertz CT molecular complexity index is 1070. The van der Waals surface area contributed by atoms with Crippen molar-refractivity contribution >= 4 is 52.2 Å².